The van der Waals surface area contributed by atoms with Gasteiger partial charge in [-0.25, -0.2) is 0 Å². The quantitative estimate of drug-likeness (QED) is 0.737. The van der Waals surface area contributed by atoms with Crippen molar-refractivity contribution in [2.45, 2.75) is 64.2 Å². The molecule has 1 aromatic rings. The summed E-state index contributed by atoms with van der Waals surface area (Å²) in [6.45, 7) is 4.96. The monoisotopic (exact) mass is 304 g/mol. The third-order valence-corrected chi connectivity index (χ3v) is 5.08. The highest BCUT2D eigenvalue weighted by molar-refractivity contribution is 5.82. The van der Waals surface area contributed by atoms with Crippen LogP contribution in [0.15, 0.2) is 24.3 Å². The molecule has 0 saturated heterocycles. The van der Waals surface area contributed by atoms with E-state index < -0.39 is 11.4 Å². The smallest absolute Gasteiger partial charge is 0.314 e. The van der Waals surface area contributed by atoms with E-state index >= 15 is 0 Å². The fourth-order valence-electron chi connectivity index (χ4n) is 3.77. The van der Waals surface area contributed by atoms with Crippen LogP contribution in [0.25, 0.3) is 0 Å². The Bertz CT molecular complexity index is 480. The highest BCUT2D eigenvalue weighted by Gasteiger charge is 2.47. The van der Waals surface area contributed by atoms with Crippen molar-refractivity contribution in [1.82, 2.24) is 0 Å². The number of benzene rings is 1. The number of hydrogen-bond acceptors (Lipinski definition) is 2. The van der Waals surface area contributed by atoms with Gasteiger partial charge in [0, 0.05) is 0 Å². The maximum Gasteiger partial charge on any atom is 0.314 e. The molecule has 0 radical (unpaired) electrons. The van der Waals surface area contributed by atoms with E-state index in [2.05, 4.69) is 13.8 Å². The Labute approximate surface area is 133 Å². The maximum atomic E-state index is 12.1. The van der Waals surface area contributed by atoms with E-state index in [-0.39, 0.29) is 5.92 Å². The highest BCUT2D eigenvalue weighted by atomic mass is 16.5. The summed E-state index contributed by atoms with van der Waals surface area (Å²) in [5, 5.41) is 9.96. The van der Waals surface area contributed by atoms with Crippen molar-refractivity contribution in [2.24, 2.45) is 5.92 Å². The molecule has 3 nitrogen and oxygen atoms in total. The minimum Gasteiger partial charge on any atom is -0.494 e. The summed E-state index contributed by atoms with van der Waals surface area (Å²) in [4.78, 5) is 12.1. The molecule has 122 valence electrons. The summed E-state index contributed by atoms with van der Waals surface area (Å²) in [6, 6.07) is 7.78. The molecular formula is C19H28O3. The molecule has 1 saturated carbocycles. The van der Waals surface area contributed by atoms with Crippen molar-refractivity contribution in [1.29, 1.82) is 0 Å². The normalized spacial score (nSPS) is 24.9. The second kappa shape index (κ2) is 7.66. The molecule has 0 aliphatic heterocycles. The molecule has 0 bridgehead atoms. The first kappa shape index (κ1) is 16.9. The lowest BCUT2D eigenvalue weighted by molar-refractivity contribution is -0.148. The van der Waals surface area contributed by atoms with Crippen LogP contribution in [0.1, 0.15) is 64.4 Å². The van der Waals surface area contributed by atoms with Crippen LogP contribution in [0.5, 0.6) is 5.75 Å². The van der Waals surface area contributed by atoms with Crippen LogP contribution < -0.4 is 4.74 Å². The molecule has 1 aromatic carbocycles. The first-order chi connectivity index (χ1) is 10.6. The van der Waals surface area contributed by atoms with Gasteiger partial charge in [0.1, 0.15) is 5.75 Å². The van der Waals surface area contributed by atoms with Gasteiger partial charge in [0.15, 0.2) is 0 Å². The number of carbonyl (C=O) groups is 1. The van der Waals surface area contributed by atoms with E-state index in [0.29, 0.717) is 0 Å². The predicted octanol–water partition coefficient (Wildman–Crippen LogP) is 4.79. The van der Waals surface area contributed by atoms with Crippen molar-refractivity contribution in [3.63, 3.8) is 0 Å². The fourth-order valence-corrected chi connectivity index (χ4v) is 3.77. The van der Waals surface area contributed by atoms with Crippen LogP contribution in [-0.2, 0) is 10.2 Å². The molecular weight excluding hydrogens is 276 g/mol. The fraction of sp³-hybridized carbons (Fsp3) is 0.632. The number of carboxylic acids is 1. The lowest BCUT2D eigenvalue weighted by Crippen LogP contribution is -2.45. The van der Waals surface area contributed by atoms with Crippen molar-refractivity contribution < 1.29 is 14.6 Å². The third kappa shape index (κ3) is 3.29. The molecule has 1 aliphatic carbocycles. The number of carboxylic acid groups (broad SMARTS) is 1. The van der Waals surface area contributed by atoms with Crippen LogP contribution in [0.3, 0.4) is 0 Å². The van der Waals surface area contributed by atoms with Crippen molar-refractivity contribution in [3.05, 3.63) is 29.8 Å². The number of rotatable bonds is 7. The van der Waals surface area contributed by atoms with Crippen LogP contribution in [0, 0.1) is 5.92 Å². The van der Waals surface area contributed by atoms with Gasteiger partial charge in [0.2, 0.25) is 0 Å². The Morgan fingerprint density at radius 2 is 2.00 bits per heavy atom. The second-order valence-corrected chi connectivity index (χ2v) is 6.35. The zero-order valence-corrected chi connectivity index (χ0v) is 13.8. The zero-order valence-electron chi connectivity index (χ0n) is 13.8. The number of aliphatic carboxylic acids is 1. The Morgan fingerprint density at radius 3 is 2.59 bits per heavy atom. The molecule has 0 heterocycles. The van der Waals surface area contributed by atoms with Crippen molar-refractivity contribution >= 4 is 5.97 Å². The number of ether oxygens (including phenoxy) is 1. The van der Waals surface area contributed by atoms with E-state index in [1.165, 1.54) is 0 Å². The van der Waals surface area contributed by atoms with Crippen molar-refractivity contribution in [3.8, 4) is 5.75 Å². The molecule has 0 amide bonds. The molecule has 22 heavy (non-hydrogen) atoms. The van der Waals surface area contributed by atoms with Gasteiger partial charge in [-0.15, -0.1) is 0 Å². The van der Waals surface area contributed by atoms with Gasteiger partial charge in [-0.05, 0) is 42.9 Å². The molecule has 1 N–H and O–H groups in total. The Balaban J connectivity index is 2.23. The van der Waals surface area contributed by atoms with Gasteiger partial charge < -0.3 is 9.84 Å². The number of hydrogen-bond donors (Lipinski definition) is 1. The Hall–Kier alpha value is -1.51. The summed E-state index contributed by atoms with van der Waals surface area (Å²) >= 11 is 0. The molecule has 1 aliphatic rings. The molecule has 0 aromatic heterocycles. The molecule has 2 unspecified atom stereocenters. The third-order valence-electron chi connectivity index (χ3n) is 5.08. The van der Waals surface area contributed by atoms with Crippen LogP contribution in [0.4, 0.5) is 0 Å². The summed E-state index contributed by atoms with van der Waals surface area (Å²) < 4.78 is 5.69. The predicted molar refractivity (Wildman–Crippen MR) is 88.4 cm³/mol. The van der Waals surface area contributed by atoms with Gasteiger partial charge in [0.25, 0.3) is 0 Å². The first-order valence-electron chi connectivity index (χ1n) is 8.61. The van der Waals surface area contributed by atoms with Gasteiger partial charge >= 0.3 is 5.97 Å². The molecule has 0 spiro atoms. The zero-order chi connectivity index (χ0) is 16.0. The summed E-state index contributed by atoms with van der Waals surface area (Å²) in [5.41, 5.74) is 0.226. The van der Waals surface area contributed by atoms with E-state index in [0.717, 1.165) is 62.9 Å². The van der Waals surface area contributed by atoms with E-state index in [1.807, 2.05) is 24.3 Å². The van der Waals surface area contributed by atoms with Gasteiger partial charge in [-0.3, -0.25) is 4.79 Å². The molecule has 2 atom stereocenters. The summed E-state index contributed by atoms with van der Waals surface area (Å²) in [5.74, 6) is 0.394. The van der Waals surface area contributed by atoms with E-state index in [9.17, 15) is 9.90 Å². The average molecular weight is 304 g/mol. The topological polar surface area (TPSA) is 46.5 Å². The lowest BCUT2D eigenvalue weighted by Gasteiger charge is -2.41. The standard InChI is InChI=1S/C19H28O3/c1-3-5-14-22-17-11-9-16(10-12-17)19(18(20)21)13-7-6-8-15(19)4-2/h9-12,15H,3-8,13-14H2,1-2H3,(H,20,21). The lowest BCUT2D eigenvalue weighted by atomic mass is 9.61. The minimum atomic E-state index is -0.713. The summed E-state index contributed by atoms with van der Waals surface area (Å²) in [6.07, 6.45) is 6.97. The largest absolute Gasteiger partial charge is 0.494 e. The van der Waals surface area contributed by atoms with Gasteiger partial charge in [0.05, 0.1) is 12.0 Å². The van der Waals surface area contributed by atoms with Crippen LogP contribution in [0.2, 0.25) is 0 Å². The first-order valence-corrected chi connectivity index (χ1v) is 8.61. The molecule has 1 fully saturated rings. The minimum absolute atomic E-state index is 0.227. The maximum absolute atomic E-state index is 12.1. The Morgan fingerprint density at radius 1 is 1.27 bits per heavy atom. The van der Waals surface area contributed by atoms with Crippen LogP contribution in [-0.4, -0.2) is 17.7 Å². The second-order valence-electron chi connectivity index (χ2n) is 6.35. The van der Waals surface area contributed by atoms with Gasteiger partial charge in [-0.1, -0.05) is 51.7 Å². The SMILES string of the molecule is CCCCOc1ccc(C2(C(=O)O)CCCCC2CC)cc1. The number of unbranched alkanes of at least 4 members (excludes halogenated alkanes) is 1. The van der Waals surface area contributed by atoms with Crippen LogP contribution >= 0.6 is 0 Å². The molecule has 2 rings (SSSR count). The van der Waals surface area contributed by atoms with Gasteiger partial charge in [-0.2, -0.15) is 0 Å². The Kier molecular flexibility index (Phi) is 5.87. The average Bonchev–Trinajstić information content (AvgIpc) is 2.55. The summed E-state index contributed by atoms with van der Waals surface area (Å²) in [7, 11) is 0. The van der Waals surface area contributed by atoms with E-state index in [1.54, 1.807) is 0 Å². The highest BCUT2D eigenvalue weighted by Crippen LogP contribution is 2.46. The van der Waals surface area contributed by atoms with Crippen molar-refractivity contribution in [2.75, 3.05) is 6.61 Å². The molecule has 3 heteroatoms. The van der Waals surface area contributed by atoms with E-state index in [4.69, 9.17) is 4.74 Å².